The van der Waals surface area contributed by atoms with E-state index < -0.39 is 30.1 Å². The van der Waals surface area contributed by atoms with E-state index in [1.165, 1.54) is 0 Å². The van der Waals surface area contributed by atoms with Gasteiger partial charge in [-0.15, -0.1) is 0 Å². The third-order valence-corrected chi connectivity index (χ3v) is 5.43. The first-order chi connectivity index (χ1) is 11.9. The van der Waals surface area contributed by atoms with E-state index in [2.05, 4.69) is 9.97 Å². The van der Waals surface area contributed by atoms with Crippen LogP contribution in [0.4, 0.5) is 0 Å². The van der Waals surface area contributed by atoms with Crippen molar-refractivity contribution in [1.29, 1.82) is 0 Å². The van der Waals surface area contributed by atoms with Crippen LogP contribution in [0.15, 0.2) is 0 Å². The molecule has 1 heterocycles. The third-order valence-electron chi connectivity index (χ3n) is 5.43. The molecule has 0 bridgehead atoms. The van der Waals surface area contributed by atoms with Gasteiger partial charge in [-0.1, -0.05) is 26.2 Å². The van der Waals surface area contributed by atoms with Gasteiger partial charge in [0.2, 0.25) is 5.91 Å². The van der Waals surface area contributed by atoms with Crippen LogP contribution in [0.5, 0.6) is 0 Å². The molecule has 0 unspecified atom stereocenters. The second-order valence-electron chi connectivity index (χ2n) is 7.11. The quantitative estimate of drug-likeness (QED) is 0.665. The van der Waals surface area contributed by atoms with Crippen LogP contribution in [0.2, 0.25) is 0 Å². The summed E-state index contributed by atoms with van der Waals surface area (Å²) in [5.74, 6) is -1.59. The van der Waals surface area contributed by atoms with Crippen LogP contribution in [-0.4, -0.2) is 60.1 Å². The van der Waals surface area contributed by atoms with E-state index in [0.29, 0.717) is 12.8 Å². The summed E-state index contributed by atoms with van der Waals surface area (Å²) in [4.78, 5) is 37.9. The fourth-order valence-corrected chi connectivity index (χ4v) is 4.23. The topological polar surface area (TPSA) is 95.9 Å². The molecule has 0 spiro atoms. The lowest BCUT2D eigenvalue weighted by molar-refractivity contribution is -0.151. The van der Waals surface area contributed by atoms with Gasteiger partial charge in [-0.25, -0.2) is 4.79 Å². The number of carbonyl (C=O) groups is 3. The summed E-state index contributed by atoms with van der Waals surface area (Å²) >= 11 is 0. The zero-order valence-corrected chi connectivity index (χ0v) is 14.9. The van der Waals surface area contributed by atoms with Gasteiger partial charge in [-0.05, 0) is 38.5 Å². The average molecular weight is 350 g/mol. The van der Waals surface area contributed by atoms with Gasteiger partial charge in [0.05, 0.1) is 6.04 Å². The molecule has 1 saturated carbocycles. The molecule has 138 valence electrons. The highest BCUT2D eigenvalue weighted by atomic mass is 16.5. The number of rotatable bonds is 7. The number of nitrogens with one attached hydrogen (secondary N) is 1. The van der Waals surface area contributed by atoms with Crippen molar-refractivity contribution in [3.05, 3.63) is 0 Å². The molecule has 2 fully saturated rings. The van der Waals surface area contributed by atoms with Crippen LogP contribution >= 0.6 is 0 Å². The summed E-state index contributed by atoms with van der Waals surface area (Å²) in [5.41, 5.74) is 0. The van der Waals surface area contributed by atoms with E-state index in [-0.39, 0.29) is 17.9 Å². The molecular weight excluding hydrogens is 323 g/mol. The van der Waals surface area contributed by atoms with Gasteiger partial charge in [0.15, 0.2) is 0 Å². The monoisotopic (exact) mass is 350 g/mol. The third kappa shape index (κ3) is 4.34. The lowest BCUT2D eigenvalue weighted by Crippen LogP contribution is -2.55. The zero-order chi connectivity index (χ0) is 18.6. The van der Waals surface area contributed by atoms with Crippen molar-refractivity contribution in [2.45, 2.75) is 83.0 Å². The molecule has 1 amide bonds. The minimum Gasteiger partial charge on any atom is -0.542 e. The van der Waals surface area contributed by atoms with E-state index >= 15 is 0 Å². The van der Waals surface area contributed by atoms with Crippen molar-refractivity contribution in [1.82, 2.24) is 10.2 Å². The first-order valence-electron chi connectivity index (χ1n) is 9.12. The Labute approximate surface area is 149 Å². The number of amides is 1. The Hall–Kier alpha value is -1.57. The number of likely N-dealkylation sites (tertiary alicyclic amines) is 1. The summed E-state index contributed by atoms with van der Waals surface area (Å²) in [6, 6.07) is -2.16. The molecule has 2 N–H and O–H groups in total. The van der Waals surface area contributed by atoms with Crippen molar-refractivity contribution < 1.29 is 24.1 Å². The second-order valence-corrected chi connectivity index (χ2v) is 7.11. The summed E-state index contributed by atoms with van der Waals surface area (Å²) in [5, 5.41) is 12.5. The summed E-state index contributed by atoms with van der Waals surface area (Å²) in [6.45, 7) is 3.57. The molecule has 5 atom stereocenters. The zero-order valence-electron chi connectivity index (χ0n) is 14.9. The molecule has 2 aliphatic rings. The molecule has 0 aromatic carbocycles. The number of hydrogen-bond acceptors (Lipinski definition) is 5. The molecule has 25 heavy (non-hydrogen) atoms. The van der Waals surface area contributed by atoms with Crippen LogP contribution in [0, 0.1) is 5.92 Å². The van der Waals surface area contributed by atoms with Crippen molar-refractivity contribution in [3.63, 3.8) is 0 Å². The molecule has 0 aromatic heterocycles. The Balaban J connectivity index is 2.12. The average Bonchev–Trinajstić information content (AvgIpc) is 2.99. The minimum absolute atomic E-state index is 0.0160. The van der Waals surface area contributed by atoms with Gasteiger partial charge in [0, 0.05) is 6.04 Å². The van der Waals surface area contributed by atoms with Crippen molar-refractivity contribution in [2.24, 2.45) is 5.92 Å². The van der Waals surface area contributed by atoms with Crippen molar-refractivity contribution >= 4 is 25.9 Å². The summed E-state index contributed by atoms with van der Waals surface area (Å²) in [6.07, 6.45) is 5.64. The summed E-state index contributed by atoms with van der Waals surface area (Å²) in [7, 11) is 4.96. The highest BCUT2D eigenvalue weighted by Gasteiger charge is 2.48. The maximum absolute atomic E-state index is 13.0. The number of aliphatic carboxylic acids is 1. The summed E-state index contributed by atoms with van der Waals surface area (Å²) < 4.78 is 4.30. The Morgan fingerprint density at radius 2 is 2.00 bits per heavy atom. The van der Waals surface area contributed by atoms with E-state index in [1.807, 2.05) is 6.92 Å². The van der Waals surface area contributed by atoms with E-state index in [9.17, 15) is 19.5 Å². The largest absolute Gasteiger partial charge is 0.542 e. The van der Waals surface area contributed by atoms with Gasteiger partial charge < -0.3 is 14.7 Å². The van der Waals surface area contributed by atoms with Gasteiger partial charge >= 0.3 is 20.0 Å². The second kappa shape index (κ2) is 8.69. The SMILES string of the molecule is [B]OC(=O)[C@@H](CCC)N[C@H](C)C(=O)N1[C@H](C(=O)O)C[C@@H]2CCCC[C@@H]21. The molecule has 0 aromatic rings. The fraction of sp³-hybridized carbons (Fsp3) is 0.824. The van der Waals surface area contributed by atoms with Gasteiger partial charge in [-0.2, -0.15) is 0 Å². The van der Waals surface area contributed by atoms with Gasteiger partial charge in [-0.3, -0.25) is 14.9 Å². The number of nitrogens with zero attached hydrogens (tertiary/aromatic N) is 1. The highest BCUT2D eigenvalue weighted by Crippen LogP contribution is 2.40. The first-order valence-corrected chi connectivity index (χ1v) is 9.12. The van der Waals surface area contributed by atoms with Gasteiger partial charge in [0.1, 0.15) is 12.1 Å². The Morgan fingerprint density at radius 1 is 1.32 bits per heavy atom. The minimum atomic E-state index is -0.957. The number of fused-ring (bicyclic) bond motifs is 1. The number of hydrogen-bond donors (Lipinski definition) is 2. The van der Waals surface area contributed by atoms with Gasteiger partial charge in [0.25, 0.3) is 0 Å². The smallest absolute Gasteiger partial charge is 0.378 e. The van der Waals surface area contributed by atoms with Crippen LogP contribution in [0.3, 0.4) is 0 Å². The molecule has 8 heteroatoms. The van der Waals surface area contributed by atoms with E-state index in [1.54, 1.807) is 11.8 Å². The molecule has 7 nitrogen and oxygen atoms in total. The lowest BCUT2D eigenvalue weighted by atomic mass is 9.84. The van der Waals surface area contributed by atoms with E-state index in [4.69, 9.17) is 8.05 Å². The van der Waals surface area contributed by atoms with Crippen molar-refractivity contribution in [2.75, 3.05) is 0 Å². The van der Waals surface area contributed by atoms with Crippen LogP contribution in [0.1, 0.15) is 58.8 Å². The van der Waals surface area contributed by atoms with Crippen LogP contribution in [0.25, 0.3) is 0 Å². The maximum Gasteiger partial charge on any atom is 0.378 e. The first kappa shape index (κ1) is 19.8. The molecule has 2 rings (SSSR count). The molecule has 1 saturated heterocycles. The standard InChI is InChI=1S/C17H27BN2O5/c1-3-6-12(17(24)25-18)19-10(2)15(21)20-13-8-5-4-7-11(13)9-14(20)16(22)23/h10-14,19H,3-9H2,1-2H3,(H,22,23)/t10-,11+,12-,13+,14+/m1/s1. The van der Waals surface area contributed by atoms with Crippen LogP contribution in [-0.2, 0) is 19.0 Å². The molecule has 1 aliphatic carbocycles. The molecule has 1 aliphatic heterocycles. The molecular formula is C17H27BN2O5. The Bertz CT molecular complexity index is 515. The van der Waals surface area contributed by atoms with Crippen LogP contribution < -0.4 is 5.32 Å². The number of carboxylic acids is 1. The predicted molar refractivity (Wildman–Crippen MR) is 91.8 cm³/mol. The van der Waals surface area contributed by atoms with E-state index in [0.717, 1.165) is 32.1 Å². The highest BCUT2D eigenvalue weighted by molar-refractivity contribution is 6.06. The maximum atomic E-state index is 13.0. The number of carboxylic acid groups (broad SMARTS) is 1. The molecule has 2 radical (unpaired) electrons. The lowest BCUT2D eigenvalue weighted by Gasteiger charge is -2.35. The Kier molecular flexibility index (Phi) is 6.87. The predicted octanol–water partition coefficient (Wildman–Crippen LogP) is 1.00. The normalized spacial score (nSPS) is 28.1. The fourth-order valence-electron chi connectivity index (χ4n) is 4.23. The number of carbonyl (C=O) groups excluding carboxylic acids is 2. The Morgan fingerprint density at radius 3 is 2.60 bits per heavy atom. The van der Waals surface area contributed by atoms with Crippen molar-refractivity contribution in [3.8, 4) is 0 Å².